The Morgan fingerprint density at radius 2 is 2.05 bits per heavy atom. The summed E-state index contributed by atoms with van der Waals surface area (Å²) in [6.07, 6.45) is 3.58. The van der Waals surface area contributed by atoms with E-state index in [1.54, 1.807) is 0 Å². The lowest BCUT2D eigenvalue weighted by Crippen LogP contribution is -2.31. The summed E-state index contributed by atoms with van der Waals surface area (Å²) < 4.78 is 0. The second-order valence-corrected chi connectivity index (χ2v) is 5.89. The quantitative estimate of drug-likeness (QED) is 0.841. The molecule has 2 rings (SSSR count). The Balaban J connectivity index is 1.96. The maximum absolute atomic E-state index is 11.9. The maximum atomic E-state index is 11.9. The normalized spacial score (nSPS) is 17.8. The van der Waals surface area contributed by atoms with Gasteiger partial charge in [-0.25, -0.2) is 0 Å². The molecule has 1 aromatic carbocycles. The molecule has 19 heavy (non-hydrogen) atoms. The summed E-state index contributed by atoms with van der Waals surface area (Å²) in [5.41, 5.74) is 6.82. The van der Waals surface area contributed by atoms with Crippen LogP contribution in [0.15, 0.2) is 24.3 Å². The lowest BCUT2D eigenvalue weighted by Gasteiger charge is -2.19. The topological polar surface area (TPSA) is 55.1 Å². The molecule has 0 radical (unpaired) electrons. The van der Waals surface area contributed by atoms with Crippen LogP contribution in [-0.2, 0) is 4.79 Å². The minimum Gasteiger partial charge on any atom is -0.349 e. The van der Waals surface area contributed by atoms with Crippen LogP contribution in [0.4, 0.5) is 0 Å². The van der Waals surface area contributed by atoms with Crippen molar-refractivity contribution in [2.45, 2.75) is 44.7 Å². The molecule has 2 unspecified atom stereocenters. The molecular weight excluding hydrogens is 260 g/mol. The van der Waals surface area contributed by atoms with Crippen molar-refractivity contribution in [3.63, 3.8) is 0 Å². The lowest BCUT2D eigenvalue weighted by atomic mass is 10.0. The summed E-state index contributed by atoms with van der Waals surface area (Å²) in [6.45, 7) is 1.92. The Hall–Kier alpha value is -1.06. The summed E-state index contributed by atoms with van der Waals surface area (Å²) >= 11 is 5.90. The Bertz CT molecular complexity index is 426. The Morgan fingerprint density at radius 1 is 1.42 bits per heavy atom. The fourth-order valence-corrected chi connectivity index (χ4v) is 2.30. The van der Waals surface area contributed by atoms with Crippen LogP contribution in [0.2, 0.25) is 5.02 Å². The summed E-state index contributed by atoms with van der Waals surface area (Å²) in [6, 6.07) is 7.94. The first-order valence-corrected chi connectivity index (χ1v) is 7.24. The van der Waals surface area contributed by atoms with E-state index in [1.807, 2.05) is 31.2 Å². The van der Waals surface area contributed by atoms with Crippen molar-refractivity contribution in [2.75, 3.05) is 0 Å². The zero-order valence-corrected chi connectivity index (χ0v) is 12.0. The van der Waals surface area contributed by atoms with Crippen molar-refractivity contribution in [1.29, 1.82) is 0 Å². The van der Waals surface area contributed by atoms with E-state index in [4.69, 9.17) is 17.3 Å². The standard InChI is InChI=1S/C15H21ClN2O/c1-10(17)2-9-14(19)18-15(11-3-4-11)12-5-7-13(16)8-6-12/h5-8,10-11,15H,2-4,9,17H2,1H3,(H,18,19). The van der Waals surface area contributed by atoms with Crippen LogP contribution in [0.3, 0.4) is 0 Å². The molecule has 0 aliphatic heterocycles. The van der Waals surface area contributed by atoms with Gasteiger partial charge in [-0.1, -0.05) is 23.7 Å². The molecule has 1 saturated carbocycles. The molecule has 1 aliphatic rings. The molecule has 3 nitrogen and oxygen atoms in total. The third-order valence-electron chi connectivity index (χ3n) is 3.47. The highest BCUT2D eigenvalue weighted by Crippen LogP contribution is 2.41. The third kappa shape index (κ3) is 4.51. The molecular formula is C15H21ClN2O. The number of carbonyl (C=O) groups is 1. The molecule has 3 N–H and O–H groups in total. The summed E-state index contributed by atoms with van der Waals surface area (Å²) in [4.78, 5) is 11.9. The van der Waals surface area contributed by atoms with Gasteiger partial charge in [0.2, 0.25) is 5.91 Å². The fourth-order valence-electron chi connectivity index (χ4n) is 2.18. The molecule has 1 amide bonds. The zero-order chi connectivity index (χ0) is 13.8. The van der Waals surface area contributed by atoms with Crippen molar-refractivity contribution in [3.8, 4) is 0 Å². The van der Waals surface area contributed by atoms with Gasteiger partial charge < -0.3 is 11.1 Å². The number of benzene rings is 1. The third-order valence-corrected chi connectivity index (χ3v) is 3.72. The van der Waals surface area contributed by atoms with Gasteiger partial charge in [0.1, 0.15) is 0 Å². The van der Waals surface area contributed by atoms with E-state index in [2.05, 4.69) is 5.32 Å². The van der Waals surface area contributed by atoms with Gasteiger partial charge in [0, 0.05) is 17.5 Å². The van der Waals surface area contributed by atoms with Crippen LogP contribution < -0.4 is 11.1 Å². The first-order valence-electron chi connectivity index (χ1n) is 6.86. The Kier molecular flexibility index (Phi) is 4.83. The first kappa shape index (κ1) is 14.4. The monoisotopic (exact) mass is 280 g/mol. The van der Waals surface area contributed by atoms with E-state index in [0.717, 1.165) is 17.0 Å². The van der Waals surface area contributed by atoms with Crippen molar-refractivity contribution >= 4 is 17.5 Å². The highest BCUT2D eigenvalue weighted by Gasteiger charge is 2.33. The first-order chi connectivity index (χ1) is 9.06. The number of carbonyl (C=O) groups excluding carboxylic acids is 1. The SMILES string of the molecule is CC(N)CCC(=O)NC(c1ccc(Cl)cc1)C1CC1. The second-order valence-electron chi connectivity index (χ2n) is 5.45. The van der Waals surface area contributed by atoms with Gasteiger partial charge in [0.05, 0.1) is 6.04 Å². The van der Waals surface area contributed by atoms with Crippen LogP contribution in [0.1, 0.15) is 44.2 Å². The Labute approximate surface area is 119 Å². The van der Waals surface area contributed by atoms with Crippen molar-refractivity contribution < 1.29 is 4.79 Å². The molecule has 0 saturated heterocycles. The van der Waals surface area contributed by atoms with E-state index in [-0.39, 0.29) is 18.0 Å². The van der Waals surface area contributed by atoms with Gasteiger partial charge in [0.15, 0.2) is 0 Å². The minimum atomic E-state index is 0.0701. The van der Waals surface area contributed by atoms with E-state index in [0.29, 0.717) is 12.3 Å². The second kappa shape index (κ2) is 6.40. The molecule has 0 heterocycles. The molecule has 0 spiro atoms. The largest absolute Gasteiger partial charge is 0.349 e. The van der Waals surface area contributed by atoms with E-state index in [1.165, 1.54) is 12.8 Å². The molecule has 4 heteroatoms. The smallest absolute Gasteiger partial charge is 0.220 e. The van der Waals surface area contributed by atoms with Crippen LogP contribution >= 0.6 is 11.6 Å². The molecule has 104 valence electrons. The van der Waals surface area contributed by atoms with Gasteiger partial charge in [-0.15, -0.1) is 0 Å². The molecule has 1 aliphatic carbocycles. The Morgan fingerprint density at radius 3 is 2.58 bits per heavy atom. The van der Waals surface area contributed by atoms with Crippen molar-refractivity contribution in [3.05, 3.63) is 34.9 Å². The summed E-state index contributed by atoms with van der Waals surface area (Å²) in [5.74, 6) is 0.657. The highest BCUT2D eigenvalue weighted by atomic mass is 35.5. The van der Waals surface area contributed by atoms with E-state index < -0.39 is 0 Å². The van der Waals surface area contributed by atoms with Crippen LogP contribution in [0.5, 0.6) is 0 Å². The van der Waals surface area contributed by atoms with Gasteiger partial charge in [-0.3, -0.25) is 4.79 Å². The van der Waals surface area contributed by atoms with Crippen LogP contribution in [-0.4, -0.2) is 11.9 Å². The van der Waals surface area contributed by atoms with Crippen molar-refractivity contribution in [1.82, 2.24) is 5.32 Å². The number of halogens is 1. The summed E-state index contributed by atoms with van der Waals surface area (Å²) in [7, 11) is 0. The van der Waals surface area contributed by atoms with Crippen LogP contribution in [0.25, 0.3) is 0 Å². The maximum Gasteiger partial charge on any atom is 0.220 e. The van der Waals surface area contributed by atoms with Crippen LogP contribution in [0, 0.1) is 5.92 Å². The van der Waals surface area contributed by atoms with E-state index in [9.17, 15) is 4.79 Å². The molecule has 1 fully saturated rings. The minimum absolute atomic E-state index is 0.0701. The number of nitrogens with one attached hydrogen (secondary N) is 1. The molecule has 0 bridgehead atoms. The number of rotatable bonds is 6. The molecule has 1 aromatic rings. The number of amides is 1. The van der Waals surface area contributed by atoms with Gasteiger partial charge in [-0.2, -0.15) is 0 Å². The highest BCUT2D eigenvalue weighted by molar-refractivity contribution is 6.30. The van der Waals surface area contributed by atoms with E-state index >= 15 is 0 Å². The number of hydrogen-bond acceptors (Lipinski definition) is 2. The lowest BCUT2D eigenvalue weighted by molar-refractivity contribution is -0.122. The zero-order valence-electron chi connectivity index (χ0n) is 11.2. The molecule has 2 atom stereocenters. The fraction of sp³-hybridized carbons (Fsp3) is 0.533. The predicted octanol–water partition coefficient (Wildman–Crippen LogP) is 3.03. The molecule has 0 aromatic heterocycles. The average Bonchev–Trinajstić information content (AvgIpc) is 3.19. The average molecular weight is 281 g/mol. The van der Waals surface area contributed by atoms with Crippen molar-refractivity contribution in [2.24, 2.45) is 11.7 Å². The van der Waals surface area contributed by atoms with Gasteiger partial charge >= 0.3 is 0 Å². The predicted molar refractivity (Wildman–Crippen MR) is 77.9 cm³/mol. The van der Waals surface area contributed by atoms with Gasteiger partial charge in [0.25, 0.3) is 0 Å². The summed E-state index contributed by atoms with van der Waals surface area (Å²) in [5, 5.41) is 3.86. The number of hydrogen-bond donors (Lipinski definition) is 2. The number of nitrogens with two attached hydrogens (primary N) is 1. The van der Waals surface area contributed by atoms with Gasteiger partial charge in [-0.05, 0) is 49.8 Å².